The second-order valence-electron chi connectivity index (χ2n) is 3.34. The van der Waals surface area contributed by atoms with Gasteiger partial charge in [-0.2, -0.15) is 5.10 Å². The summed E-state index contributed by atoms with van der Waals surface area (Å²) >= 11 is 11.7. The van der Waals surface area contributed by atoms with Crippen molar-refractivity contribution in [3.8, 4) is 11.5 Å². The molecule has 0 aliphatic rings. The SMILES string of the molecule is Cn1cc(Oc2ccc(CCl)c(Cl)c2)cn1. The van der Waals surface area contributed by atoms with E-state index in [4.69, 9.17) is 27.9 Å². The minimum Gasteiger partial charge on any atom is -0.454 e. The maximum Gasteiger partial charge on any atom is 0.165 e. The zero-order valence-electron chi connectivity index (χ0n) is 8.65. The van der Waals surface area contributed by atoms with Gasteiger partial charge < -0.3 is 4.74 Å². The van der Waals surface area contributed by atoms with E-state index < -0.39 is 0 Å². The van der Waals surface area contributed by atoms with Gasteiger partial charge in [-0.15, -0.1) is 11.6 Å². The van der Waals surface area contributed by atoms with Crippen LogP contribution in [0, 0.1) is 0 Å². The first-order chi connectivity index (χ1) is 7.69. The summed E-state index contributed by atoms with van der Waals surface area (Å²) in [5, 5.41) is 4.61. The molecule has 3 nitrogen and oxygen atoms in total. The summed E-state index contributed by atoms with van der Waals surface area (Å²) in [5.41, 5.74) is 0.891. The molecule has 0 aliphatic heterocycles. The van der Waals surface area contributed by atoms with Crippen LogP contribution < -0.4 is 4.74 Å². The Hall–Kier alpha value is -1.19. The van der Waals surface area contributed by atoms with E-state index in [0.717, 1.165) is 5.56 Å². The Kier molecular flexibility index (Phi) is 3.36. The fourth-order valence-electron chi connectivity index (χ4n) is 1.29. The third-order valence-corrected chi connectivity index (χ3v) is 2.73. The highest BCUT2D eigenvalue weighted by Gasteiger charge is 2.03. The van der Waals surface area contributed by atoms with Gasteiger partial charge in [0.05, 0.1) is 12.4 Å². The summed E-state index contributed by atoms with van der Waals surface area (Å²) in [6.45, 7) is 0. The molecule has 2 aromatic rings. The zero-order chi connectivity index (χ0) is 11.5. The van der Waals surface area contributed by atoms with Gasteiger partial charge in [-0.05, 0) is 17.7 Å². The largest absolute Gasteiger partial charge is 0.454 e. The summed E-state index contributed by atoms with van der Waals surface area (Å²) in [4.78, 5) is 0. The first-order valence-corrected chi connectivity index (χ1v) is 5.61. The lowest BCUT2D eigenvalue weighted by atomic mass is 10.2. The third-order valence-electron chi connectivity index (χ3n) is 2.09. The molecular formula is C11H10Cl2N2O. The van der Waals surface area contributed by atoms with Crippen LogP contribution in [0.2, 0.25) is 5.02 Å². The smallest absolute Gasteiger partial charge is 0.165 e. The minimum absolute atomic E-state index is 0.395. The maximum absolute atomic E-state index is 6.02. The fraction of sp³-hybridized carbons (Fsp3) is 0.182. The molecule has 16 heavy (non-hydrogen) atoms. The number of rotatable bonds is 3. The molecule has 0 bridgehead atoms. The molecule has 0 aliphatic carbocycles. The number of alkyl halides is 1. The van der Waals surface area contributed by atoms with E-state index in [2.05, 4.69) is 5.10 Å². The number of nitrogens with zero attached hydrogens (tertiary/aromatic N) is 2. The first-order valence-electron chi connectivity index (χ1n) is 4.70. The predicted molar refractivity (Wildman–Crippen MR) is 64.3 cm³/mol. The van der Waals surface area contributed by atoms with Gasteiger partial charge in [0.1, 0.15) is 5.75 Å². The average Bonchev–Trinajstić information content (AvgIpc) is 2.64. The van der Waals surface area contributed by atoms with E-state index in [9.17, 15) is 0 Å². The van der Waals surface area contributed by atoms with Crippen LogP contribution in [0.3, 0.4) is 0 Å². The Labute approximate surface area is 104 Å². The van der Waals surface area contributed by atoms with Gasteiger partial charge in [0.15, 0.2) is 5.75 Å². The minimum atomic E-state index is 0.395. The molecule has 0 saturated heterocycles. The quantitative estimate of drug-likeness (QED) is 0.785. The van der Waals surface area contributed by atoms with E-state index in [1.54, 1.807) is 23.1 Å². The van der Waals surface area contributed by atoms with Crippen molar-refractivity contribution in [3.05, 3.63) is 41.2 Å². The van der Waals surface area contributed by atoms with Crippen LogP contribution in [0.25, 0.3) is 0 Å². The molecule has 0 N–H and O–H groups in total. The van der Waals surface area contributed by atoms with Crippen molar-refractivity contribution in [2.24, 2.45) is 7.05 Å². The zero-order valence-corrected chi connectivity index (χ0v) is 10.2. The van der Waals surface area contributed by atoms with Crippen molar-refractivity contribution in [1.29, 1.82) is 0 Å². The van der Waals surface area contributed by atoms with Gasteiger partial charge in [0.2, 0.25) is 0 Å². The Morgan fingerprint density at radius 1 is 1.38 bits per heavy atom. The first kappa shape index (κ1) is 11.3. The van der Waals surface area contributed by atoms with Crippen LogP contribution in [0.5, 0.6) is 11.5 Å². The number of hydrogen-bond donors (Lipinski definition) is 0. The van der Waals surface area contributed by atoms with Crippen molar-refractivity contribution in [2.75, 3.05) is 0 Å². The molecule has 2 rings (SSSR count). The Morgan fingerprint density at radius 2 is 2.19 bits per heavy atom. The number of aryl methyl sites for hydroxylation is 1. The van der Waals surface area contributed by atoms with E-state index >= 15 is 0 Å². The standard InChI is InChI=1S/C11H10Cl2N2O/c1-15-7-10(6-14-15)16-9-3-2-8(5-12)11(13)4-9/h2-4,6-7H,5H2,1H3. The molecule has 0 saturated carbocycles. The highest BCUT2D eigenvalue weighted by molar-refractivity contribution is 6.32. The van der Waals surface area contributed by atoms with Gasteiger partial charge in [-0.25, -0.2) is 0 Å². The lowest BCUT2D eigenvalue weighted by molar-refractivity contribution is 0.482. The molecule has 0 amide bonds. The number of ether oxygens (including phenoxy) is 1. The van der Waals surface area contributed by atoms with Crippen molar-refractivity contribution < 1.29 is 4.74 Å². The third kappa shape index (κ3) is 2.49. The molecule has 5 heteroatoms. The average molecular weight is 257 g/mol. The molecule has 1 aromatic carbocycles. The van der Waals surface area contributed by atoms with E-state index in [1.807, 2.05) is 19.2 Å². The van der Waals surface area contributed by atoms with E-state index in [0.29, 0.717) is 22.4 Å². The summed E-state index contributed by atoms with van der Waals surface area (Å²) in [7, 11) is 1.83. The van der Waals surface area contributed by atoms with Crippen LogP contribution in [0.4, 0.5) is 0 Å². The summed E-state index contributed by atoms with van der Waals surface area (Å²) < 4.78 is 7.24. The van der Waals surface area contributed by atoms with Crippen LogP contribution in [0.1, 0.15) is 5.56 Å². The number of hydrogen-bond acceptors (Lipinski definition) is 2. The van der Waals surface area contributed by atoms with Crippen LogP contribution in [0.15, 0.2) is 30.6 Å². The van der Waals surface area contributed by atoms with Crippen molar-refractivity contribution in [3.63, 3.8) is 0 Å². The Bertz CT molecular complexity index is 496. The number of halogens is 2. The second kappa shape index (κ2) is 4.76. The molecular weight excluding hydrogens is 247 g/mol. The molecule has 0 radical (unpaired) electrons. The fourth-order valence-corrected chi connectivity index (χ4v) is 1.83. The van der Waals surface area contributed by atoms with Gasteiger partial charge in [0.25, 0.3) is 0 Å². The predicted octanol–water partition coefficient (Wildman–Crippen LogP) is 3.60. The van der Waals surface area contributed by atoms with Crippen LogP contribution >= 0.6 is 23.2 Å². The lowest BCUT2D eigenvalue weighted by Gasteiger charge is -2.05. The van der Waals surface area contributed by atoms with Gasteiger partial charge in [0, 0.05) is 18.0 Å². The summed E-state index contributed by atoms with van der Waals surface area (Å²) in [6.07, 6.45) is 3.42. The molecule has 0 fully saturated rings. The van der Waals surface area contributed by atoms with E-state index in [-0.39, 0.29) is 0 Å². The normalized spacial score (nSPS) is 10.4. The van der Waals surface area contributed by atoms with Crippen molar-refractivity contribution >= 4 is 23.2 Å². The van der Waals surface area contributed by atoms with Gasteiger partial charge in [-0.3, -0.25) is 4.68 Å². The highest BCUT2D eigenvalue weighted by Crippen LogP contribution is 2.27. The monoisotopic (exact) mass is 256 g/mol. The van der Waals surface area contributed by atoms with E-state index in [1.165, 1.54) is 0 Å². The Morgan fingerprint density at radius 3 is 2.75 bits per heavy atom. The summed E-state index contributed by atoms with van der Waals surface area (Å²) in [5.74, 6) is 1.75. The van der Waals surface area contributed by atoms with Crippen LogP contribution in [-0.4, -0.2) is 9.78 Å². The van der Waals surface area contributed by atoms with Gasteiger partial charge in [-0.1, -0.05) is 17.7 Å². The Balaban J connectivity index is 2.19. The molecule has 0 spiro atoms. The number of aromatic nitrogens is 2. The second-order valence-corrected chi connectivity index (χ2v) is 4.01. The molecule has 84 valence electrons. The molecule has 0 unspecified atom stereocenters. The van der Waals surface area contributed by atoms with Crippen molar-refractivity contribution in [1.82, 2.24) is 9.78 Å². The molecule has 1 heterocycles. The molecule has 1 aromatic heterocycles. The topological polar surface area (TPSA) is 27.1 Å². The maximum atomic E-state index is 6.02. The molecule has 0 atom stereocenters. The highest BCUT2D eigenvalue weighted by atomic mass is 35.5. The summed E-state index contributed by atoms with van der Waals surface area (Å²) in [6, 6.07) is 5.42. The van der Waals surface area contributed by atoms with Crippen LogP contribution in [-0.2, 0) is 12.9 Å². The number of benzene rings is 1. The lowest BCUT2D eigenvalue weighted by Crippen LogP contribution is -1.86. The van der Waals surface area contributed by atoms with Crippen molar-refractivity contribution in [2.45, 2.75) is 5.88 Å². The van der Waals surface area contributed by atoms with Gasteiger partial charge >= 0.3 is 0 Å².